The molecule has 8 nitrogen and oxygen atoms in total. The maximum Gasteiger partial charge on any atom is 0.534 e. The lowest BCUT2D eigenvalue weighted by Crippen LogP contribution is -2.40. The SMILES string of the molecule is CCCCC1CN(c2ccccc2)c2cc(OC)c(OS(=O)(=O)C(F)(F)F)cc2S(=O)(=O)N1C. The normalized spacial score (nSPS) is 18.8. The number of anilines is 2. The molecule has 1 atom stereocenters. The van der Waals surface area contributed by atoms with Gasteiger partial charge in [0.1, 0.15) is 4.90 Å². The third kappa shape index (κ3) is 4.96. The van der Waals surface area contributed by atoms with Gasteiger partial charge in [-0.25, -0.2) is 8.42 Å². The van der Waals surface area contributed by atoms with Crippen molar-refractivity contribution in [1.29, 1.82) is 0 Å². The summed E-state index contributed by atoms with van der Waals surface area (Å²) in [4.78, 5) is 1.33. The molecule has 1 aliphatic heterocycles. The first-order valence-corrected chi connectivity index (χ1v) is 13.2. The quantitative estimate of drug-likeness (QED) is 0.396. The molecule has 3 rings (SSSR count). The Labute approximate surface area is 197 Å². The van der Waals surface area contributed by atoms with Crippen LogP contribution >= 0.6 is 0 Å². The Hall–Kier alpha value is -2.51. The summed E-state index contributed by atoms with van der Waals surface area (Å²) < 4.78 is 99.7. The summed E-state index contributed by atoms with van der Waals surface area (Å²) in [7, 11) is -7.79. The summed E-state index contributed by atoms with van der Waals surface area (Å²) >= 11 is 0. The number of hydrogen-bond acceptors (Lipinski definition) is 7. The second kappa shape index (κ2) is 9.62. The van der Waals surface area contributed by atoms with E-state index in [1.807, 2.05) is 6.92 Å². The second-order valence-electron chi connectivity index (χ2n) is 7.72. The lowest BCUT2D eigenvalue weighted by Gasteiger charge is -2.29. The summed E-state index contributed by atoms with van der Waals surface area (Å²) in [6, 6.07) is 10.4. The highest BCUT2D eigenvalue weighted by Gasteiger charge is 2.49. The number of halogens is 3. The highest BCUT2D eigenvalue weighted by molar-refractivity contribution is 7.89. The van der Waals surface area contributed by atoms with Crippen LogP contribution in [0.25, 0.3) is 0 Å². The van der Waals surface area contributed by atoms with Gasteiger partial charge in [0.15, 0.2) is 11.5 Å². The fourth-order valence-electron chi connectivity index (χ4n) is 3.68. The van der Waals surface area contributed by atoms with E-state index in [2.05, 4.69) is 4.18 Å². The number of sulfonamides is 1. The first kappa shape index (κ1) is 26.1. The number of likely N-dealkylation sites (N-methyl/N-ethyl adjacent to an activating group) is 1. The van der Waals surface area contributed by atoms with Crippen molar-refractivity contribution in [3.05, 3.63) is 42.5 Å². The number of para-hydroxylation sites is 1. The summed E-state index contributed by atoms with van der Waals surface area (Å²) in [5.41, 5.74) is -4.93. The predicted molar refractivity (Wildman–Crippen MR) is 120 cm³/mol. The van der Waals surface area contributed by atoms with E-state index in [1.54, 1.807) is 35.2 Å². The lowest BCUT2D eigenvalue weighted by molar-refractivity contribution is -0.0500. The Bertz CT molecular complexity index is 1240. The van der Waals surface area contributed by atoms with Crippen molar-refractivity contribution in [3.63, 3.8) is 0 Å². The molecular formula is C21H25F3N2O6S2. The fraction of sp³-hybridized carbons (Fsp3) is 0.429. The third-order valence-corrected chi connectivity index (χ3v) is 8.45. The van der Waals surface area contributed by atoms with Gasteiger partial charge in [-0.3, -0.25) is 0 Å². The number of alkyl halides is 3. The van der Waals surface area contributed by atoms with E-state index in [0.717, 1.165) is 26.0 Å². The summed E-state index contributed by atoms with van der Waals surface area (Å²) in [5.74, 6) is -1.24. The van der Waals surface area contributed by atoms with Crippen LogP contribution in [0.3, 0.4) is 0 Å². The number of unbranched alkanes of at least 4 members (excludes halogenated alkanes) is 1. The number of ether oxygens (including phenoxy) is 1. The van der Waals surface area contributed by atoms with Gasteiger partial charge in [0, 0.05) is 37.5 Å². The smallest absolute Gasteiger partial charge is 0.493 e. The van der Waals surface area contributed by atoms with Crippen molar-refractivity contribution in [2.45, 2.75) is 42.6 Å². The zero-order valence-electron chi connectivity index (χ0n) is 18.7. The Kier molecular flexibility index (Phi) is 7.39. The van der Waals surface area contributed by atoms with Crippen molar-refractivity contribution in [3.8, 4) is 11.5 Å². The van der Waals surface area contributed by atoms with Gasteiger partial charge in [0.2, 0.25) is 10.0 Å². The Morgan fingerprint density at radius 3 is 2.32 bits per heavy atom. The molecule has 1 aliphatic rings. The van der Waals surface area contributed by atoms with Gasteiger partial charge in [-0.05, 0) is 18.6 Å². The molecule has 1 unspecified atom stereocenters. The molecule has 0 saturated carbocycles. The summed E-state index contributed by atoms with van der Waals surface area (Å²) in [6.45, 7) is 2.24. The largest absolute Gasteiger partial charge is 0.534 e. The van der Waals surface area contributed by atoms with Crippen LogP contribution in [-0.2, 0) is 20.1 Å². The molecule has 13 heteroatoms. The topological polar surface area (TPSA) is 93.2 Å². The number of benzene rings is 2. The van der Waals surface area contributed by atoms with E-state index in [0.29, 0.717) is 12.1 Å². The molecule has 0 spiro atoms. The van der Waals surface area contributed by atoms with Crippen LogP contribution in [0.4, 0.5) is 24.5 Å². The number of rotatable bonds is 7. The zero-order valence-corrected chi connectivity index (χ0v) is 20.4. The minimum Gasteiger partial charge on any atom is -0.493 e. The minimum absolute atomic E-state index is 0.130. The minimum atomic E-state index is -6.06. The summed E-state index contributed by atoms with van der Waals surface area (Å²) in [5, 5.41) is 0. The van der Waals surface area contributed by atoms with Gasteiger partial charge >= 0.3 is 15.6 Å². The second-order valence-corrected chi connectivity index (χ2v) is 11.2. The van der Waals surface area contributed by atoms with Gasteiger partial charge in [0.05, 0.1) is 12.8 Å². The fourth-order valence-corrected chi connectivity index (χ4v) is 5.70. The third-order valence-electron chi connectivity index (χ3n) is 5.54. The Morgan fingerprint density at radius 2 is 1.76 bits per heavy atom. The standard InChI is InChI=1S/C21H25F3N2O6S2/c1-4-5-9-16-14-26(15-10-7-6-8-11-15)17-12-18(31-3)19(32-34(29,30)21(22,23)24)13-20(17)33(27,28)25(16)2/h6-8,10-13,16H,4-5,9,14H2,1-3H3. The zero-order chi connectivity index (χ0) is 25.3. The van der Waals surface area contributed by atoms with Gasteiger partial charge in [-0.2, -0.15) is 25.9 Å². The van der Waals surface area contributed by atoms with Crippen molar-refractivity contribution in [2.24, 2.45) is 0 Å². The molecule has 0 bridgehead atoms. The number of fused-ring (bicyclic) bond motifs is 1. The first-order valence-electron chi connectivity index (χ1n) is 10.4. The van der Waals surface area contributed by atoms with Crippen LogP contribution in [0.5, 0.6) is 11.5 Å². The van der Waals surface area contributed by atoms with Gasteiger partial charge in [0.25, 0.3) is 0 Å². The highest BCUT2D eigenvalue weighted by Crippen LogP contribution is 2.44. The average Bonchev–Trinajstić information content (AvgIpc) is 2.85. The highest BCUT2D eigenvalue weighted by atomic mass is 32.2. The molecule has 2 aromatic rings. The van der Waals surface area contributed by atoms with Gasteiger partial charge < -0.3 is 13.8 Å². The van der Waals surface area contributed by atoms with E-state index in [4.69, 9.17) is 4.74 Å². The average molecular weight is 523 g/mol. The first-order chi connectivity index (χ1) is 15.8. The van der Waals surface area contributed by atoms with Crippen molar-refractivity contribution in [2.75, 3.05) is 25.6 Å². The van der Waals surface area contributed by atoms with E-state index in [9.17, 15) is 30.0 Å². The van der Waals surface area contributed by atoms with Crippen LogP contribution in [0, 0.1) is 0 Å². The Morgan fingerprint density at radius 1 is 1.12 bits per heavy atom. The lowest BCUT2D eigenvalue weighted by atomic mass is 10.1. The molecule has 0 N–H and O–H groups in total. The molecule has 0 amide bonds. The van der Waals surface area contributed by atoms with Crippen LogP contribution in [0.2, 0.25) is 0 Å². The van der Waals surface area contributed by atoms with Crippen LogP contribution in [0.1, 0.15) is 26.2 Å². The molecule has 1 heterocycles. The van der Waals surface area contributed by atoms with E-state index in [-0.39, 0.29) is 18.0 Å². The molecular weight excluding hydrogens is 497 g/mol. The number of methoxy groups -OCH3 is 1. The van der Waals surface area contributed by atoms with Gasteiger partial charge in [-0.1, -0.05) is 38.0 Å². The predicted octanol–water partition coefficient (Wildman–Crippen LogP) is 4.25. The molecule has 188 valence electrons. The van der Waals surface area contributed by atoms with Crippen LogP contribution in [0.15, 0.2) is 47.4 Å². The van der Waals surface area contributed by atoms with Crippen LogP contribution in [-0.4, -0.2) is 53.4 Å². The van der Waals surface area contributed by atoms with E-state index in [1.165, 1.54) is 17.4 Å². The van der Waals surface area contributed by atoms with E-state index >= 15 is 0 Å². The van der Waals surface area contributed by atoms with Crippen molar-refractivity contribution in [1.82, 2.24) is 4.31 Å². The number of hydrogen-bond donors (Lipinski definition) is 0. The Balaban J connectivity index is 2.26. The summed E-state index contributed by atoms with van der Waals surface area (Å²) in [6.07, 6.45) is 2.14. The monoisotopic (exact) mass is 522 g/mol. The van der Waals surface area contributed by atoms with Crippen molar-refractivity contribution >= 4 is 31.5 Å². The molecule has 0 aromatic heterocycles. The molecule has 0 fully saturated rings. The molecule has 34 heavy (non-hydrogen) atoms. The number of nitrogens with zero attached hydrogens (tertiary/aromatic N) is 2. The van der Waals surface area contributed by atoms with Gasteiger partial charge in [-0.15, -0.1) is 0 Å². The van der Waals surface area contributed by atoms with Crippen LogP contribution < -0.4 is 13.8 Å². The maximum atomic E-state index is 13.5. The molecule has 0 aliphatic carbocycles. The maximum absolute atomic E-state index is 13.5. The van der Waals surface area contributed by atoms with E-state index < -0.39 is 42.3 Å². The molecule has 0 radical (unpaired) electrons. The van der Waals surface area contributed by atoms with Crippen molar-refractivity contribution < 1.29 is 38.9 Å². The molecule has 2 aromatic carbocycles. The molecule has 0 saturated heterocycles.